The van der Waals surface area contributed by atoms with Crippen LogP contribution in [0, 0.1) is 12.7 Å². The second kappa shape index (κ2) is 8.13. The van der Waals surface area contributed by atoms with Gasteiger partial charge in [-0.15, -0.1) is 0 Å². The number of hydrogen-bond donors (Lipinski definition) is 1. The fraction of sp³-hybridized carbons (Fsp3) is 0.211. The van der Waals surface area contributed by atoms with Gasteiger partial charge in [0, 0.05) is 11.8 Å². The number of aryl methyl sites for hydroxylation is 1. The maximum absolute atomic E-state index is 13.4. The molecule has 0 bridgehead atoms. The quantitative estimate of drug-likeness (QED) is 0.793. The third-order valence-corrected chi connectivity index (χ3v) is 3.22. The first kappa shape index (κ1) is 16.7. The van der Waals surface area contributed by atoms with Gasteiger partial charge >= 0.3 is 0 Å². The van der Waals surface area contributed by atoms with Crippen molar-refractivity contribution in [3.8, 4) is 5.75 Å². The molecule has 0 saturated carbocycles. The van der Waals surface area contributed by atoms with Crippen LogP contribution in [-0.2, 0) is 4.79 Å². The number of halogens is 1. The Labute approximate surface area is 135 Å². The summed E-state index contributed by atoms with van der Waals surface area (Å²) in [5.74, 6) is 0.164. The second-order valence-electron chi connectivity index (χ2n) is 5.20. The average Bonchev–Trinajstić information content (AvgIpc) is 2.55. The highest BCUT2D eigenvalue weighted by Gasteiger charge is 2.02. The highest BCUT2D eigenvalue weighted by molar-refractivity contribution is 6.01. The lowest BCUT2D eigenvalue weighted by atomic mass is 10.2. The zero-order valence-electron chi connectivity index (χ0n) is 13.3. The molecule has 2 aromatic rings. The molecule has 0 aliphatic carbocycles. The molecular weight excluding hydrogens is 293 g/mol. The number of benzene rings is 2. The Kier molecular flexibility index (Phi) is 5.92. The van der Waals surface area contributed by atoms with E-state index in [0.29, 0.717) is 17.9 Å². The molecule has 0 unspecified atom stereocenters. The van der Waals surface area contributed by atoms with Gasteiger partial charge in [0.2, 0.25) is 5.91 Å². The molecule has 0 spiro atoms. The molecule has 2 rings (SSSR count). The molecule has 0 atom stereocenters. The van der Waals surface area contributed by atoms with Crippen molar-refractivity contribution in [2.24, 2.45) is 0 Å². The highest BCUT2D eigenvalue weighted by Crippen LogP contribution is 2.15. The number of hydrogen-bond acceptors (Lipinski definition) is 2. The first-order valence-electron chi connectivity index (χ1n) is 7.56. The molecule has 0 saturated heterocycles. The fourth-order valence-corrected chi connectivity index (χ4v) is 1.92. The average molecular weight is 313 g/mol. The number of amides is 1. The number of nitrogens with one attached hydrogen (secondary N) is 1. The van der Waals surface area contributed by atoms with Gasteiger partial charge in [-0.3, -0.25) is 4.79 Å². The van der Waals surface area contributed by atoms with Gasteiger partial charge in [-0.2, -0.15) is 0 Å². The molecule has 0 aromatic heterocycles. The van der Waals surface area contributed by atoms with Gasteiger partial charge < -0.3 is 10.1 Å². The standard InChI is InChI=1S/C19H20FNO2/c1-3-12-23-17-9-5-15(6-10-17)7-11-19(22)21-16-8-4-14(2)18(20)13-16/h4-11,13H,3,12H2,1-2H3,(H,21,22)/b11-7+. The largest absolute Gasteiger partial charge is 0.494 e. The molecule has 0 fully saturated rings. The van der Waals surface area contributed by atoms with Crippen LogP contribution in [0.1, 0.15) is 24.5 Å². The summed E-state index contributed by atoms with van der Waals surface area (Å²) in [5, 5.41) is 2.63. The van der Waals surface area contributed by atoms with Crippen molar-refractivity contribution in [2.75, 3.05) is 11.9 Å². The Morgan fingerprint density at radius 1 is 1.22 bits per heavy atom. The summed E-state index contributed by atoms with van der Waals surface area (Å²) in [5.41, 5.74) is 1.87. The third-order valence-electron chi connectivity index (χ3n) is 3.22. The van der Waals surface area contributed by atoms with E-state index in [1.54, 1.807) is 25.1 Å². The van der Waals surface area contributed by atoms with Crippen LogP contribution in [0.15, 0.2) is 48.5 Å². The van der Waals surface area contributed by atoms with Gasteiger partial charge in [0.15, 0.2) is 0 Å². The summed E-state index contributed by atoms with van der Waals surface area (Å²) in [6.07, 6.45) is 4.07. The molecule has 0 heterocycles. The summed E-state index contributed by atoms with van der Waals surface area (Å²) in [6, 6.07) is 12.1. The fourth-order valence-electron chi connectivity index (χ4n) is 1.92. The van der Waals surface area contributed by atoms with Gasteiger partial charge in [0.1, 0.15) is 11.6 Å². The zero-order chi connectivity index (χ0) is 16.7. The van der Waals surface area contributed by atoms with Crippen LogP contribution in [0.4, 0.5) is 10.1 Å². The normalized spacial score (nSPS) is 10.7. The van der Waals surface area contributed by atoms with Crippen LogP contribution >= 0.6 is 0 Å². The van der Waals surface area contributed by atoms with Crippen LogP contribution < -0.4 is 10.1 Å². The van der Waals surface area contributed by atoms with Crippen molar-refractivity contribution in [3.05, 3.63) is 65.5 Å². The minimum Gasteiger partial charge on any atom is -0.494 e. The van der Waals surface area contributed by atoms with Crippen LogP contribution in [0.25, 0.3) is 6.08 Å². The maximum Gasteiger partial charge on any atom is 0.248 e. The van der Waals surface area contributed by atoms with Gasteiger partial charge in [0.05, 0.1) is 6.61 Å². The number of rotatable bonds is 6. The molecule has 0 aliphatic heterocycles. The minimum absolute atomic E-state index is 0.306. The molecule has 0 aliphatic rings. The van der Waals surface area contributed by atoms with Gasteiger partial charge in [-0.25, -0.2) is 4.39 Å². The Bertz CT molecular complexity index is 693. The summed E-state index contributed by atoms with van der Waals surface area (Å²) in [4.78, 5) is 11.8. The Morgan fingerprint density at radius 2 is 1.96 bits per heavy atom. The van der Waals surface area contributed by atoms with Crippen LogP contribution in [0.5, 0.6) is 5.75 Å². The topological polar surface area (TPSA) is 38.3 Å². The first-order chi connectivity index (χ1) is 11.1. The SMILES string of the molecule is CCCOc1ccc(/C=C/C(=O)Nc2ccc(C)c(F)c2)cc1. The predicted molar refractivity (Wildman–Crippen MR) is 91.0 cm³/mol. The lowest BCUT2D eigenvalue weighted by Crippen LogP contribution is -2.08. The highest BCUT2D eigenvalue weighted by atomic mass is 19.1. The van der Waals surface area contributed by atoms with Gasteiger partial charge in [-0.05, 0) is 54.8 Å². The van der Waals surface area contributed by atoms with E-state index in [-0.39, 0.29) is 11.7 Å². The molecular formula is C19H20FNO2. The number of ether oxygens (including phenoxy) is 1. The lowest BCUT2D eigenvalue weighted by Gasteiger charge is -2.05. The Balaban J connectivity index is 1.93. The molecule has 1 N–H and O–H groups in total. The van der Waals surface area contributed by atoms with E-state index in [2.05, 4.69) is 12.2 Å². The summed E-state index contributed by atoms with van der Waals surface area (Å²) in [7, 11) is 0. The summed E-state index contributed by atoms with van der Waals surface area (Å²) in [6.45, 7) is 4.41. The second-order valence-corrected chi connectivity index (χ2v) is 5.20. The van der Waals surface area contributed by atoms with Crippen LogP contribution in [-0.4, -0.2) is 12.5 Å². The molecule has 2 aromatic carbocycles. The summed E-state index contributed by atoms with van der Waals surface area (Å²) < 4.78 is 18.9. The smallest absolute Gasteiger partial charge is 0.248 e. The predicted octanol–water partition coefficient (Wildman–Crippen LogP) is 4.57. The zero-order valence-corrected chi connectivity index (χ0v) is 13.3. The molecule has 0 radical (unpaired) electrons. The number of anilines is 1. The Hall–Kier alpha value is -2.62. The summed E-state index contributed by atoms with van der Waals surface area (Å²) >= 11 is 0. The van der Waals surface area contributed by atoms with E-state index in [4.69, 9.17) is 4.74 Å². The lowest BCUT2D eigenvalue weighted by molar-refractivity contribution is -0.111. The van der Waals surface area contributed by atoms with E-state index in [1.807, 2.05) is 24.3 Å². The maximum atomic E-state index is 13.4. The van der Waals surface area contributed by atoms with Crippen molar-refractivity contribution in [2.45, 2.75) is 20.3 Å². The van der Waals surface area contributed by atoms with Crippen molar-refractivity contribution in [1.29, 1.82) is 0 Å². The van der Waals surface area contributed by atoms with E-state index in [9.17, 15) is 9.18 Å². The van der Waals surface area contributed by atoms with Crippen molar-refractivity contribution in [1.82, 2.24) is 0 Å². The minimum atomic E-state index is -0.338. The van der Waals surface area contributed by atoms with E-state index in [1.165, 1.54) is 12.1 Å². The van der Waals surface area contributed by atoms with E-state index >= 15 is 0 Å². The first-order valence-corrected chi connectivity index (χ1v) is 7.56. The number of carbonyl (C=O) groups excluding carboxylic acids is 1. The van der Waals surface area contributed by atoms with Crippen LogP contribution in [0.3, 0.4) is 0 Å². The third kappa shape index (κ3) is 5.25. The van der Waals surface area contributed by atoms with Crippen LogP contribution in [0.2, 0.25) is 0 Å². The van der Waals surface area contributed by atoms with Gasteiger partial charge in [-0.1, -0.05) is 25.1 Å². The Morgan fingerprint density at radius 3 is 2.61 bits per heavy atom. The molecule has 4 heteroatoms. The van der Waals surface area contributed by atoms with E-state index < -0.39 is 0 Å². The van der Waals surface area contributed by atoms with Crippen molar-refractivity contribution in [3.63, 3.8) is 0 Å². The molecule has 23 heavy (non-hydrogen) atoms. The molecule has 1 amide bonds. The molecule has 3 nitrogen and oxygen atoms in total. The monoisotopic (exact) mass is 313 g/mol. The van der Waals surface area contributed by atoms with Crippen molar-refractivity contribution < 1.29 is 13.9 Å². The van der Waals surface area contributed by atoms with E-state index in [0.717, 1.165) is 17.7 Å². The number of carbonyl (C=O) groups is 1. The van der Waals surface area contributed by atoms with Crippen molar-refractivity contribution >= 4 is 17.7 Å². The van der Waals surface area contributed by atoms with Gasteiger partial charge in [0.25, 0.3) is 0 Å². The molecule has 120 valence electrons.